The number of hydrogen-bond donors (Lipinski definition) is 2. The number of hydrogen-bond acceptors (Lipinski definition) is 3. The van der Waals surface area contributed by atoms with E-state index < -0.39 is 0 Å². The van der Waals surface area contributed by atoms with Crippen molar-refractivity contribution in [2.24, 2.45) is 11.8 Å². The first-order chi connectivity index (χ1) is 9.65. The van der Waals surface area contributed by atoms with Crippen LogP contribution in [0, 0.1) is 18.8 Å². The lowest BCUT2D eigenvalue weighted by molar-refractivity contribution is 0.0290. The van der Waals surface area contributed by atoms with Gasteiger partial charge < -0.3 is 10.2 Å². The number of nitrogens with zero attached hydrogens (tertiary/aromatic N) is 2. The first kappa shape index (κ1) is 14.1. The molecule has 1 aromatic rings. The molecule has 4 heteroatoms. The molecule has 0 radical (unpaired) electrons. The summed E-state index contributed by atoms with van der Waals surface area (Å²) in [5.74, 6) is 1.66. The molecule has 112 valence electrons. The number of nitrogens with one attached hydrogen (secondary N) is 2. The zero-order valence-corrected chi connectivity index (χ0v) is 13.0. The van der Waals surface area contributed by atoms with Crippen LogP contribution in [0.3, 0.4) is 0 Å². The third-order valence-corrected chi connectivity index (χ3v) is 5.30. The van der Waals surface area contributed by atoms with Crippen LogP contribution in [0.2, 0.25) is 0 Å². The van der Waals surface area contributed by atoms with Crippen molar-refractivity contribution in [2.75, 3.05) is 13.1 Å². The van der Waals surface area contributed by atoms with Gasteiger partial charge in [-0.2, -0.15) is 5.10 Å². The summed E-state index contributed by atoms with van der Waals surface area (Å²) in [6.45, 7) is 10.3. The lowest BCUT2D eigenvalue weighted by atomic mass is 9.73. The van der Waals surface area contributed by atoms with Crippen molar-refractivity contribution in [1.29, 1.82) is 0 Å². The Morgan fingerprint density at radius 3 is 2.60 bits per heavy atom. The van der Waals surface area contributed by atoms with Gasteiger partial charge in [-0.3, -0.25) is 5.10 Å². The zero-order chi connectivity index (χ0) is 14.1. The molecule has 2 atom stereocenters. The second-order valence-electron chi connectivity index (χ2n) is 6.93. The SMILES string of the molecule is Cc1[nH]ncc1CNC1C2CCCC1CN(C(C)C)C2. The molecule has 20 heavy (non-hydrogen) atoms. The number of H-pyrrole nitrogens is 1. The predicted molar refractivity (Wildman–Crippen MR) is 81.5 cm³/mol. The molecule has 4 nitrogen and oxygen atoms in total. The van der Waals surface area contributed by atoms with E-state index in [1.165, 1.54) is 43.6 Å². The molecule has 1 saturated carbocycles. The molecule has 2 fully saturated rings. The van der Waals surface area contributed by atoms with Crippen molar-refractivity contribution in [2.45, 2.75) is 58.7 Å². The molecular weight excluding hydrogens is 248 g/mol. The van der Waals surface area contributed by atoms with Gasteiger partial charge in [-0.05, 0) is 45.4 Å². The monoisotopic (exact) mass is 276 g/mol. The van der Waals surface area contributed by atoms with E-state index in [0.717, 1.165) is 18.4 Å². The number of aryl methyl sites for hydroxylation is 1. The van der Waals surface area contributed by atoms with Crippen molar-refractivity contribution in [1.82, 2.24) is 20.4 Å². The van der Waals surface area contributed by atoms with Crippen LogP contribution in [0.1, 0.15) is 44.4 Å². The maximum Gasteiger partial charge on any atom is 0.0535 e. The Kier molecular flexibility index (Phi) is 4.13. The molecule has 3 rings (SSSR count). The second-order valence-corrected chi connectivity index (χ2v) is 6.93. The number of rotatable bonds is 4. The lowest BCUT2D eigenvalue weighted by Gasteiger charge is -2.49. The minimum absolute atomic E-state index is 0.690. The van der Waals surface area contributed by atoms with Crippen molar-refractivity contribution in [3.8, 4) is 0 Å². The van der Waals surface area contributed by atoms with Crippen LogP contribution in [-0.2, 0) is 6.54 Å². The third-order valence-electron chi connectivity index (χ3n) is 5.30. The molecule has 2 unspecified atom stereocenters. The molecule has 1 aliphatic carbocycles. The van der Waals surface area contributed by atoms with Crippen LogP contribution in [0.25, 0.3) is 0 Å². The predicted octanol–water partition coefficient (Wildman–Crippen LogP) is 2.32. The smallest absolute Gasteiger partial charge is 0.0535 e. The zero-order valence-electron chi connectivity index (χ0n) is 13.0. The molecule has 2 N–H and O–H groups in total. The van der Waals surface area contributed by atoms with E-state index in [4.69, 9.17) is 0 Å². The van der Waals surface area contributed by atoms with Gasteiger partial charge in [0.2, 0.25) is 0 Å². The average molecular weight is 276 g/mol. The molecule has 1 aliphatic heterocycles. The third kappa shape index (κ3) is 2.77. The van der Waals surface area contributed by atoms with E-state index in [2.05, 4.69) is 41.2 Å². The highest BCUT2D eigenvalue weighted by molar-refractivity contribution is 5.14. The normalized spacial score (nSPS) is 30.9. The lowest BCUT2D eigenvalue weighted by Crippen LogP contribution is -2.58. The Bertz CT molecular complexity index is 425. The van der Waals surface area contributed by atoms with Crippen LogP contribution in [0.4, 0.5) is 0 Å². The summed E-state index contributed by atoms with van der Waals surface area (Å²) in [5.41, 5.74) is 2.51. The molecule has 0 aromatic carbocycles. The number of aromatic nitrogens is 2. The number of fused-ring (bicyclic) bond motifs is 2. The molecule has 2 bridgehead atoms. The highest BCUT2D eigenvalue weighted by Crippen LogP contribution is 2.35. The number of piperidine rings is 1. The van der Waals surface area contributed by atoms with E-state index in [0.29, 0.717) is 12.1 Å². The van der Waals surface area contributed by atoms with Crippen LogP contribution in [0.15, 0.2) is 6.20 Å². The molecule has 0 amide bonds. The van der Waals surface area contributed by atoms with Crippen LogP contribution in [0.5, 0.6) is 0 Å². The average Bonchev–Trinajstić information content (AvgIpc) is 2.80. The summed E-state index contributed by atoms with van der Waals surface area (Å²) in [5, 5.41) is 11.0. The van der Waals surface area contributed by atoms with Gasteiger partial charge in [-0.1, -0.05) is 6.42 Å². The van der Waals surface area contributed by atoms with Gasteiger partial charge >= 0.3 is 0 Å². The maximum absolute atomic E-state index is 4.12. The van der Waals surface area contributed by atoms with Gasteiger partial charge in [0.25, 0.3) is 0 Å². The van der Waals surface area contributed by atoms with Crippen molar-refractivity contribution >= 4 is 0 Å². The summed E-state index contributed by atoms with van der Waals surface area (Å²) >= 11 is 0. The summed E-state index contributed by atoms with van der Waals surface area (Å²) in [7, 11) is 0. The fourth-order valence-corrected chi connectivity index (χ4v) is 4.01. The topological polar surface area (TPSA) is 44.0 Å². The molecule has 1 aromatic heterocycles. The van der Waals surface area contributed by atoms with E-state index in [-0.39, 0.29) is 0 Å². The fourth-order valence-electron chi connectivity index (χ4n) is 4.01. The van der Waals surface area contributed by atoms with Crippen LogP contribution < -0.4 is 5.32 Å². The summed E-state index contributed by atoms with van der Waals surface area (Å²) in [6.07, 6.45) is 6.16. The van der Waals surface area contributed by atoms with Gasteiger partial charge in [-0.25, -0.2) is 0 Å². The highest BCUT2D eigenvalue weighted by Gasteiger charge is 2.39. The van der Waals surface area contributed by atoms with Gasteiger partial charge in [0.05, 0.1) is 6.20 Å². The number of likely N-dealkylation sites (tertiary alicyclic amines) is 1. The van der Waals surface area contributed by atoms with E-state index in [9.17, 15) is 0 Å². The summed E-state index contributed by atoms with van der Waals surface area (Å²) in [4.78, 5) is 2.68. The quantitative estimate of drug-likeness (QED) is 0.887. The van der Waals surface area contributed by atoms with Crippen molar-refractivity contribution in [3.05, 3.63) is 17.5 Å². The van der Waals surface area contributed by atoms with Crippen LogP contribution in [-0.4, -0.2) is 40.3 Å². The first-order valence-electron chi connectivity index (χ1n) is 8.11. The summed E-state index contributed by atoms with van der Waals surface area (Å²) in [6, 6.07) is 1.39. The summed E-state index contributed by atoms with van der Waals surface area (Å²) < 4.78 is 0. The molecule has 1 saturated heterocycles. The van der Waals surface area contributed by atoms with Crippen LogP contribution >= 0.6 is 0 Å². The van der Waals surface area contributed by atoms with Gasteiger partial charge in [0.1, 0.15) is 0 Å². The Morgan fingerprint density at radius 2 is 2.05 bits per heavy atom. The Morgan fingerprint density at radius 1 is 1.35 bits per heavy atom. The fraction of sp³-hybridized carbons (Fsp3) is 0.812. The van der Waals surface area contributed by atoms with E-state index >= 15 is 0 Å². The molecule has 2 heterocycles. The largest absolute Gasteiger partial charge is 0.309 e. The minimum Gasteiger partial charge on any atom is -0.309 e. The van der Waals surface area contributed by atoms with E-state index in [1.54, 1.807) is 0 Å². The minimum atomic E-state index is 0.690. The van der Waals surface area contributed by atoms with Crippen molar-refractivity contribution < 1.29 is 0 Å². The highest BCUT2D eigenvalue weighted by atomic mass is 15.2. The standard InChI is InChI=1S/C16H28N4/c1-11(2)20-9-13-5-4-6-14(10-20)16(13)17-7-15-8-18-19-12(15)3/h8,11,13-14,16-17H,4-7,9-10H2,1-3H3,(H,18,19). The molecule has 0 spiro atoms. The Balaban J connectivity index is 1.63. The maximum atomic E-state index is 4.12. The van der Waals surface area contributed by atoms with Gasteiger partial charge in [0.15, 0.2) is 0 Å². The second kappa shape index (κ2) is 5.86. The van der Waals surface area contributed by atoms with E-state index in [1.807, 2.05) is 6.20 Å². The number of aromatic amines is 1. The molecule has 2 aliphatic rings. The first-order valence-corrected chi connectivity index (χ1v) is 8.11. The van der Waals surface area contributed by atoms with Crippen molar-refractivity contribution in [3.63, 3.8) is 0 Å². The Hall–Kier alpha value is -0.870. The van der Waals surface area contributed by atoms with Gasteiger partial charge in [-0.15, -0.1) is 0 Å². The Labute approximate surface area is 122 Å². The molecular formula is C16H28N4. The van der Waals surface area contributed by atoms with Gasteiger partial charge in [0, 0.05) is 43.0 Å².